The number of hydrogen-bond donors (Lipinski definition) is 1. The standard InChI is InChI=1S/C11H13ClN2O3/c1-3-7(2)13-11(15)9-6-8(14(16)17)4-5-10(9)12/h4-7H,3H2,1-2H3,(H,13,15)/t7-/m0/s1. The van der Waals surface area contributed by atoms with E-state index in [0.717, 1.165) is 6.42 Å². The number of amides is 1. The van der Waals surface area contributed by atoms with Gasteiger partial charge in [0.2, 0.25) is 0 Å². The van der Waals surface area contributed by atoms with E-state index in [-0.39, 0.29) is 22.3 Å². The van der Waals surface area contributed by atoms with Gasteiger partial charge in [-0.2, -0.15) is 0 Å². The molecule has 6 heteroatoms. The summed E-state index contributed by atoms with van der Waals surface area (Å²) in [5.74, 6) is -0.395. The molecule has 5 nitrogen and oxygen atoms in total. The Labute approximate surface area is 104 Å². The van der Waals surface area contributed by atoms with Gasteiger partial charge < -0.3 is 5.32 Å². The fourth-order valence-electron chi connectivity index (χ4n) is 1.20. The third-order valence-corrected chi connectivity index (χ3v) is 2.72. The summed E-state index contributed by atoms with van der Waals surface area (Å²) in [6.07, 6.45) is 0.776. The molecule has 0 fully saturated rings. The summed E-state index contributed by atoms with van der Waals surface area (Å²) in [5.41, 5.74) is -0.0233. The van der Waals surface area contributed by atoms with E-state index in [1.54, 1.807) is 0 Å². The second-order valence-electron chi connectivity index (χ2n) is 3.70. The highest BCUT2D eigenvalue weighted by Crippen LogP contribution is 2.22. The molecule has 0 heterocycles. The zero-order chi connectivity index (χ0) is 13.0. The number of rotatable bonds is 4. The number of halogens is 1. The van der Waals surface area contributed by atoms with Crippen LogP contribution in [0.5, 0.6) is 0 Å². The van der Waals surface area contributed by atoms with Gasteiger partial charge in [-0.25, -0.2) is 0 Å². The zero-order valence-electron chi connectivity index (χ0n) is 9.57. The highest BCUT2D eigenvalue weighted by Gasteiger charge is 2.16. The van der Waals surface area contributed by atoms with E-state index in [1.165, 1.54) is 18.2 Å². The van der Waals surface area contributed by atoms with Crippen molar-refractivity contribution in [3.63, 3.8) is 0 Å². The van der Waals surface area contributed by atoms with Gasteiger partial charge in [0.1, 0.15) is 0 Å². The van der Waals surface area contributed by atoms with Crippen LogP contribution in [0.2, 0.25) is 5.02 Å². The largest absolute Gasteiger partial charge is 0.350 e. The van der Waals surface area contributed by atoms with E-state index in [1.807, 2.05) is 13.8 Å². The van der Waals surface area contributed by atoms with E-state index >= 15 is 0 Å². The minimum absolute atomic E-state index is 0.00201. The van der Waals surface area contributed by atoms with Crippen LogP contribution in [0.1, 0.15) is 30.6 Å². The molecule has 1 aromatic rings. The van der Waals surface area contributed by atoms with Crippen LogP contribution in [0.4, 0.5) is 5.69 Å². The molecule has 0 spiro atoms. The lowest BCUT2D eigenvalue weighted by Gasteiger charge is -2.11. The first kappa shape index (κ1) is 13.4. The molecule has 0 radical (unpaired) electrons. The van der Waals surface area contributed by atoms with Crippen LogP contribution >= 0.6 is 11.6 Å². The van der Waals surface area contributed by atoms with Gasteiger partial charge in [0.05, 0.1) is 15.5 Å². The number of nitro groups is 1. The first-order chi connectivity index (χ1) is 7.95. The zero-order valence-corrected chi connectivity index (χ0v) is 10.3. The number of carbonyl (C=O) groups is 1. The van der Waals surface area contributed by atoms with E-state index in [9.17, 15) is 14.9 Å². The quantitative estimate of drug-likeness (QED) is 0.665. The van der Waals surface area contributed by atoms with Gasteiger partial charge in [-0.15, -0.1) is 0 Å². The van der Waals surface area contributed by atoms with Crippen molar-refractivity contribution < 1.29 is 9.72 Å². The fraction of sp³-hybridized carbons (Fsp3) is 0.364. The van der Waals surface area contributed by atoms with E-state index in [4.69, 9.17) is 11.6 Å². The molecule has 0 bridgehead atoms. The Hall–Kier alpha value is -1.62. The normalized spacial score (nSPS) is 11.9. The molecule has 1 amide bonds. The number of hydrogen-bond acceptors (Lipinski definition) is 3. The van der Waals surface area contributed by atoms with Gasteiger partial charge in [0, 0.05) is 18.2 Å². The van der Waals surface area contributed by atoms with Crippen molar-refractivity contribution in [3.8, 4) is 0 Å². The Morgan fingerprint density at radius 3 is 2.76 bits per heavy atom. The summed E-state index contributed by atoms with van der Waals surface area (Å²) in [6.45, 7) is 3.78. The molecule has 17 heavy (non-hydrogen) atoms. The summed E-state index contributed by atoms with van der Waals surface area (Å²) in [7, 11) is 0. The lowest BCUT2D eigenvalue weighted by atomic mass is 10.1. The average Bonchev–Trinajstić information content (AvgIpc) is 2.28. The van der Waals surface area contributed by atoms with Gasteiger partial charge in [-0.05, 0) is 19.4 Å². The molecular formula is C11H13ClN2O3. The molecule has 1 rings (SSSR count). The molecule has 0 aliphatic rings. The number of benzene rings is 1. The molecule has 0 unspecified atom stereocenters. The van der Waals surface area contributed by atoms with Gasteiger partial charge in [-0.3, -0.25) is 14.9 Å². The third-order valence-electron chi connectivity index (χ3n) is 2.40. The van der Waals surface area contributed by atoms with Crippen molar-refractivity contribution >= 4 is 23.2 Å². The lowest BCUT2D eigenvalue weighted by molar-refractivity contribution is -0.384. The third kappa shape index (κ3) is 3.42. The van der Waals surface area contributed by atoms with E-state index in [0.29, 0.717) is 0 Å². The van der Waals surface area contributed by atoms with Gasteiger partial charge in [0.25, 0.3) is 11.6 Å². The van der Waals surface area contributed by atoms with Gasteiger partial charge in [0.15, 0.2) is 0 Å². The first-order valence-corrected chi connectivity index (χ1v) is 5.58. The summed E-state index contributed by atoms with van der Waals surface area (Å²) >= 11 is 5.84. The maximum atomic E-state index is 11.8. The highest BCUT2D eigenvalue weighted by molar-refractivity contribution is 6.33. The van der Waals surface area contributed by atoms with Crippen LogP contribution in [-0.2, 0) is 0 Å². The van der Waals surface area contributed by atoms with E-state index in [2.05, 4.69) is 5.32 Å². The number of nitrogens with zero attached hydrogens (tertiary/aromatic N) is 1. The second-order valence-corrected chi connectivity index (χ2v) is 4.11. The van der Waals surface area contributed by atoms with Crippen LogP contribution in [0.25, 0.3) is 0 Å². The van der Waals surface area contributed by atoms with Gasteiger partial charge in [-0.1, -0.05) is 18.5 Å². The fourth-order valence-corrected chi connectivity index (χ4v) is 1.41. The Kier molecular flexibility index (Phi) is 4.45. The Morgan fingerprint density at radius 2 is 2.24 bits per heavy atom. The Bertz CT molecular complexity index is 448. The van der Waals surface area contributed by atoms with Crippen molar-refractivity contribution in [1.82, 2.24) is 5.32 Å². The predicted molar refractivity (Wildman–Crippen MR) is 65.3 cm³/mol. The van der Waals surface area contributed by atoms with Crippen molar-refractivity contribution in [2.75, 3.05) is 0 Å². The maximum absolute atomic E-state index is 11.8. The summed E-state index contributed by atoms with van der Waals surface area (Å²) in [5, 5.41) is 13.5. The number of nitro benzene ring substituents is 1. The monoisotopic (exact) mass is 256 g/mol. The van der Waals surface area contributed by atoms with Crippen molar-refractivity contribution in [3.05, 3.63) is 38.9 Å². The van der Waals surface area contributed by atoms with Crippen LogP contribution in [0.3, 0.4) is 0 Å². The van der Waals surface area contributed by atoms with Crippen molar-refractivity contribution in [2.24, 2.45) is 0 Å². The molecule has 0 aliphatic carbocycles. The van der Waals surface area contributed by atoms with Crippen LogP contribution in [-0.4, -0.2) is 16.9 Å². The van der Waals surface area contributed by atoms with Crippen molar-refractivity contribution in [2.45, 2.75) is 26.3 Å². The summed E-state index contributed by atoms with van der Waals surface area (Å²) < 4.78 is 0. The van der Waals surface area contributed by atoms with Crippen LogP contribution in [0.15, 0.2) is 18.2 Å². The Balaban J connectivity index is 3.00. The highest BCUT2D eigenvalue weighted by atomic mass is 35.5. The SMILES string of the molecule is CC[C@H](C)NC(=O)c1cc([N+](=O)[O-])ccc1Cl. The van der Waals surface area contributed by atoms with E-state index < -0.39 is 10.8 Å². The number of non-ortho nitro benzene ring substituents is 1. The molecule has 0 saturated carbocycles. The molecule has 0 aromatic heterocycles. The minimum Gasteiger partial charge on any atom is -0.350 e. The van der Waals surface area contributed by atoms with Crippen molar-refractivity contribution in [1.29, 1.82) is 0 Å². The minimum atomic E-state index is -0.559. The molecule has 92 valence electrons. The maximum Gasteiger partial charge on any atom is 0.270 e. The molecule has 1 atom stereocenters. The topological polar surface area (TPSA) is 72.2 Å². The summed E-state index contributed by atoms with van der Waals surface area (Å²) in [6, 6.07) is 3.80. The predicted octanol–water partition coefficient (Wildman–Crippen LogP) is 2.78. The molecular weight excluding hydrogens is 244 g/mol. The summed E-state index contributed by atoms with van der Waals surface area (Å²) in [4.78, 5) is 21.8. The smallest absolute Gasteiger partial charge is 0.270 e. The average molecular weight is 257 g/mol. The molecule has 1 aromatic carbocycles. The number of nitrogens with one attached hydrogen (secondary N) is 1. The second kappa shape index (κ2) is 5.63. The number of carbonyl (C=O) groups excluding carboxylic acids is 1. The lowest BCUT2D eigenvalue weighted by Crippen LogP contribution is -2.32. The molecule has 1 N–H and O–H groups in total. The molecule has 0 saturated heterocycles. The van der Waals surface area contributed by atoms with Crippen LogP contribution in [0, 0.1) is 10.1 Å². The van der Waals surface area contributed by atoms with Gasteiger partial charge >= 0.3 is 0 Å². The Morgan fingerprint density at radius 1 is 1.59 bits per heavy atom. The van der Waals surface area contributed by atoms with Crippen LogP contribution < -0.4 is 5.32 Å². The molecule has 0 aliphatic heterocycles. The first-order valence-electron chi connectivity index (χ1n) is 5.20.